The van der Waals surface area contributed by atoms with Crippen LogP contribution < -0.4 is 5.32 Å². The third-order valence-electron chi connectivity index (χ3n) is 3.31. The SMILES string of the molecule is CNC(c1cc2ccccc2o1)c1cccc(F)c1F. The molecule has 0 bridgehead atoms. The fraction of sp³-hybridized carbons (Fsp3) is 0.125. The van der Waals surface area contributed by atoms with Gasteiger partial charge in [0.1, 0.15) is 11.3 Å². The largest absolute Gasteiger partial charge is 0.459 e. The van der Waals surface area contributed by atoms with Gasteiger partial charge in [0.25, 0.3) is 0 Å². The number of halogens is 2. The molecule has 20 heavy (non-hydrogen) atoms. The van der Waals surface area contributed by atoms with Crippen molar-refractivity contribution in [2.45, 2.75) is 6.04 Å². The molecule has 0 saturated heterocycles. The van der Waals surface area contributed by atoms with E-state index in [0.717, 1.165) is 17.0 Å². The highest BCUT2D eigenvalue weighted by Gasteiger charge is 2.21. The normalized spacial score (nSPS) is 12.8. The van der Waals surface area contributed by atoms with E-state index in [2.05, 4.69) is 5.32 Å². The Kier molecular flexibility index (Phi) is 3.24. The van der Waals surface area contributed by atoms with Crippen LogP contribution in [0.5, 0.6) is 0 Å². The molecule has 1 aromatic heterocycles. The van der Waals surface area contributed by atoms with Crippen molar-refractivity contribution < 1.29 is 13.2 Å². The van der Waals surface area contributed by atoms with Crippen LogP contribution in [0.4, 0.5) is 8.78 Å². The van der Waals surface area contributed by atoms with Gasteiger partial charge in [0.05, 0.1) is 6.04 Å². The smallest absolute Gasteiger partial charge is 0.164 e. The first kappa shape index (κ1) is 12.8. The molecule has 0 aliphatic carbocycles. The maximum atomic E-state index is 13.9. The highest BCUT2D eigenvalue weighted by molar-refractivity contribution is 5.77. The van der Waals surface area contributed by atoms with Gasteiger partial charge in [-0.25, -0.2) is 8.78 Å². The van der Waals surface area contributed by atoms with E-state index in [1.54, 1.807) is 13.1 Å². The van der Waals surface area contributed by atoms with Crippen LogP contribution in [0.3, 0.4) is 0 Å². The third kappa shape index (κ3) is 2.08. The topological polar surface area (TPSA) is 25.2 Å². The van der Waals surface area contributed by atoms with Crippen LogP contribution >= 0.6 is 0 Å². The summed E-state index contributed by atoms with van der Waals surface area (Å²) in [7, 11) is 1.68. The van der Waals surface area contributed by atoms with E-state index < -0.39 is 17.7 Å². The molecule has 1 heterocycles. The van der Waals surface area contributed by atoms with Gasteiger partial charge in [0.2, 0.25) is 0 Å². The molecule has 0 radical (unpaired) electrons. The summed E-state index contributed by atoms with van der Waals surface area (Å²) >= 11 is 0. The average Bonchev–Trinajstić information content (AvgIpc) is 2.87. The van der Waals surface area contributed by atoms with Crippen LogP contribution in [0.2, 0.25) is 0 Å². The molecule has 3 aromatic rings. The van der Waals surface area contributed by atoms with Crippen LogP contribution in [0, 0.1) is 11.6 Å². The lowest BCUT2D eigenvalue weighted by Gasteiger charge is -2.15. The molecule has 4 heteroatoms. The van der Waals surface area contributed by atoms with Gasteiger partial charge >= 0.3 is 0 Å². The highest BCUT2D eigenvalue weighted by atomic mass is 19.2. The second-order valence-electron chi connectivity index (χ2n) is 4.55. The molecular formula is C16H13F2NO. The molecule has 3 rings (SSSR count). The van der Waals surface area contributed by atoms with Gasteiger partial charge in [-0.15, -0.1) is 0 Å². The van der Waals surface area contributed by atoms with E-state index in [9.17, 15) is 8.78 Å². The predicted octanol–water partition coefficient (Wildman–Crippen LogP) is 4.02. The maximum absolute atomic E-state index is 13.9. The fourth-order valence-corrected chi connectivity index (χ4v) is 2.34. The molecular weight excluding hydrogens is 260 g/mol. The van der Waals surface area contributed by atoms with Crippen LogP contribution in [0.25, 0.3) is 11.0 Å². The zero-order valence-electron chi connectivity index (χ0n) is 10.9. The standard InChI is InChI=1S/C16H13F2NO/c1-19-16(11-6-4-7-12(17)15(11)18)14-9-10-5-2-3-8-13(10)20-14/h2-9,16,19H,1H3. The van der Waals surface area contributed by atoms with E-state index >= 15 is 0 Å². The minimum atomic E-state index is -0.862. The Labute approximate surface area is 115 Å². The van der Waals surface area contributed by atoms with E-state index in [4.69, 9.17) is 4.42 Å². The van der Waals surface area contributed by atoms with Crippen LogP contribution in [-0.2, 0) is 0 Å². The third-order valence-corrected chi connectivity index (χ3v) is 3.31. The first-order valence-electron chi connectivity index (χ1n) is 6.30. The number of benzene rings is 2. The molecule has 1 N–H and O–H groups in total. The summed E-state index contributed by atoms with van der Waals surface area (Å²) in [6.45, 7) is 0. The summed E-state index contributed by atoms with van der Waals surface area (Å²) < 4.78 is 33.0. The van der Waals surface area contributed by atoms with Gasteiger partial charge < -0.3 is 9.73 Å². The summed E-state index contributed by atoms with van der Waals surface area (Å²) in [4.78, 5) is 0. The number of hydrogen-bond donors (Lipinski definition) is 1. The van der Waals surface area contributed by atoms with Crippen molar-refractivity contribution >= 4 is 11.0 Å². The van der Waals surface area contributed by atoms with Gasteiger partial charge in [-0.2, -0.15) is 0 Å². The Morgan fingerprint density at radius 2 is 1.85 bits per heavy atom. The quantitative estimate of drug-likeness (QED) is 0.779. The van der Waals surface area contributed by atoms with E-state index in [1.807, 2.05) is 30.3 Å². The molecule has 2 nitrogen and oxygen atoms in total. The summed E-state index contributed by atoms with van der Waals surface area (Å²) in [5, 5.41) is 3.89. The zero-order chi connectivity index (χ0) is 14.1. The Balaban J connectivity index is 2.11. The van der Waals surface area contributed by atoms with Crippen molar-refractivity contribution in [3.63, 3.8) is 0 Å². The fourth-order valence-electron chi connectivity index (χ4n) is 2.34. The van der Waals surface area contributed by atoms with Crippen molar-refractivity contribution in [1.29, 1.82) is 0 Å². The molecule has 0 aliphatic rings. The van der Waals surface area contributed by atoms with Crippen LogP contribution in [-0.4, -0.2) is 7.05 Å². The van der Waals surface area contributed by atoms with Gasteiger partial charge in [0, 0.05) is 10.9 Å². The number of hydrogen-bond acceptors (Lipinski definition) is 2. The molecule has 1 unspecified atom stereocenters. The monoisotopic (exact) mass is 273 g/mol. The van der Waals surface area contributed by atoms with E-state index in [-0.39, 0.29) is 5.56 Å². The minimum absolute atomic E-state index is 0.228. The number of rotatable bonds is 3. The number of fused-ring (bicyclic) bond motifs is 1. The van der Waals surface area contributed by atoms with Crippen molar-refractivity contribution in [1.82, 2.24) is 5.32 Å². The Morgan fingerprint density at radius 1 is 1.05 bits per heavy atom. The van der Waals surface area contributed by atoms with Crippen molar-refractivity contribution in [2.75, 3.05) is 7.05 Å². The molecule has 2 aromatic carbocycles. The lowest BCUT2D eigenvalue weighted by molar-refractivity contribution is 0.454. The average molecular weight is 273 g/mol. The lowest BCUT2D eigenvalue weighted by atomic mass is 10.0. The number of nitrogens with one attached hydrogen (secondary N) is 1. The summed E-state index contributed by atoms with van der Waals surface area (Å²) in [5.74, 6) is -1.16. The van der Waals surface area contributed by atoms with E-state index in [0.29, 0.717) is 5.76 Å². The van der Waals surface area contributed by atoms with Gasteiger partial charge in [-0.3, -0.25) is 0 Å². The maximum Gasteiger partial charge on any atom is 0.164 e. The molecule has 0 amide bonds. The second kappa shape index (κ2) is 5.06. The first-order valence-corrected chi connectivity index (χ1v) is 6.30. The van der Waals surface area contributed by atoms with Crippen molar-refractivity contribution in [2.24, 2.45) is 0 Å². The Bertz CT molecular complexity index is 718. The zero-order valence-corrected chi connectivity index (χ0v) is 10.9. The summed E-state index contributed by atoms with van der Waals surface area (Å²) in [6.07, 6.45) is 0. The second-order valence-corrected chi connectivity index (χ2v) is 4.55. The van der Waals surface area contributed by atoms with Crippen molar-refractivity contribution in [3.8, 4) is 0 Å². The highest BCUT2D eigenvalue weighted by Crippen LogP contribution is 2.29. The molecule has 1 atom stereocenters. The Hall–Kier alpha value is -2.20. The number of furan rings is 1. The summed E-state index contributed by atoms with van der Waals surface area (Å²) in [5.41, 5.74) is 0.950. The van der Waals surface area contributed by atoms with Crippen molar-refractivity contribution in [3.05, 3.63) is 71.5 Å². The molecule has 0 spiro atoms. The molecule has 0 saturated carbocycles. The van der Waals surface area contributed by atoms with Crippen LogP contribution in [0.15, 0.2) is 52.9 Å². The van der Waals surface area contributed by atoms with Gasteiger partial charge in [-0.05, 0) is 25.2 Å². The summed E-state index contributed by atoms with van der Waals surface area (Å²) in [6, 6.07) is 13.0. The first-order chi connectivity index (χ1) is 9.70. The van der Waals surface area contributed by atoms with Crippen LogP contribution in [0.1, 0.15) is 17.4 Å². The molecule has 102 valence electrons. The predicted molar refractivity (Wildman–Crippen MR) is 73.5 cm³/mol. The van der Waals surface area contributed by atoms with E-state index in [1.165, 1.54) is 6.07 Å². The number of para-hydroxylation sites is 1. The van der Waals surface area contributed by atoms with Gasteiger partial charge in [-0.1, -0.05) is 30.3 Å². The lowest BCUT2D eigenvalue weighted by Crippen LogP contribution is -2.18. The molecule has 0 aliphatic heterocycles. The van der Waals surface area contributed by atoms with Gasteiger partial charge in [0.15, 0.2) is 11.6 Å². The molecule has 0 fully saturated rings. The minimum Gasteiger partial charge on any atom is -0.459 e. The Morgan fingerprint density at radius 3 is 2.60 bits per heavy atom.